The van der Waals surface area contributed by atoms with Crippen molar-refractivity contribution >= 4 is 33.6 Å². The van der Waals surface area contributed by atoms with E-state index in [9.17, 15) is 14.4 Å². The average molecular weight is 485 g/mol. The maximum atomic E-state index is 13.4. The van der Waals surface area contributed by atoms with Gasteiger partial charge < -0.3 is 0 Å². The number of fused-ring (bicyclic) bond motifs is 2. The molecule has 0 fully saturated rings. The highest BCUT2D eigenvalue weighted by atomic mass is 79.9. The van der Waals surface area contributed by atoms with E-state index < -0.39 is 11.3 Å². The quantitative estimate of drug-likeness (QED) is 0.364. The van der Waals surface area contributed by atoms with Crippen molar-refractivity contribution in [2.45, 2.75) is 6.54 Å². The lowest BCUT2D eigenvalue weighted by atomic mass is 9.88. The lowest BCUT2D eigenvalue weighted by molar-refractivity contribution is 0.0974. The number of aromatic nitrogens is 2. The maximum Gasteiger partial charge on any atom is 0.279 e. The lowest BCUT2D eigenvalue weighted by Gasteiger charge is -2.17. The van der Waals surface area contributed by atoms with Crippen molar-refractivity contribution in [1.29, 1.82) is 0 Å². The summed E-state index contributed by atoms with van der Waals surface area (Å²) in [6.45, 7) is 0.202. The second kappa shape index (κ2) is 8.05. The minimum atomic E-state index is -0.475. The molecular formula is C26H17BrN2O3. The Morgan fingerprint density at radius 1 is 0.750 bits per heavy atom. The van der Waals surface area contributed by atoms with Gasteiger partial charge in [-0.25, -0.2) is 9.36 Å². The number of halogens is 1. The third-order valence-corrected chi connectivity index (χ3v) is 5.98. The molecule has 0 saturated heterocycles. The fourth-order valence-electron chi connectivity index (χ4n) is 3.97. The van der Waals surface area contributed by atoms with Crippen LogP contribution in [0.3, 0.4) is 0 Å². The van der Waals surface area contributed by atoms with Gasteiger partial charge in [0.1, 0.15) is 11.3 Å². The van der Waals surface area contributed by atoms with Gasteiger partial charge >= 0.3 is 0 Å². The molecule has 4 aromatic rings. The Morgan fingerprint density at radius 3 is 2.06 bits per heavy atom. The number of para-hydroxylation sites is 1. The summed E-state index contributed by atoms with van der Waals surface area (Å²) in [7, 11) is 0. The predicted molar refractivity (Wildman–Crippen MR) is 127 cm³/mol. The van der Waals surface area contributed by atoms with Gasteiger partial charge in [-0.2, -0.15) is 0 Å². The summed E-state index contributed by atoms with van der Waals surface area (Å²) in [5.41, 5.74) is 1.77. The van der Waals surface area contributed by atoms with Crippen LogP contribution in [0.4, 0.5) is 0 Å². The summed E-state index contributed by atoms with van der Waals surface area (Å²) < 4.78 is 3.99. The molecule has 0 atom stereocenters. The second-order valence-electron chi connectivity index (χ2n) is 7.42. The van der Waals surface area contributed by atoms with Crippen LogP contribution in [0.15, 0.2) is 94.2 Å². The van der Waals surface area contributed by atoms with Crippen molar-refractivity contribution in [2.75, 3.05) is 0 Å². The number of ketones is 2. The number of rotatable bonds is 4. The molecule has 156 valence electrons. The monoisotopic (exact) mass is 484 g/mol. The van der Waals surface area contributed by atoms with Gasteiger partial charge in [0.2, 0.25) is 11.6 Å². The molecule has 0 amide bonds. The van der Waals surface area contributed by atoms with E-state index in [1.807, 2.05) is 66.7 Å². The molecular weight excluding hydrogens is 468 g/mol. The van der Waals surface area contributed by atoms with E-state index in [0.29, 0.717) is 11.3 Å². The van der Waals surface area contributed by atoms with E-state index in [1.165, 1.54) is 4.68 Å². The predicted octanol–water partition coefficient (Wildman–Crippen LogP) is 4.89. The second-order valence-corrected chi connectivity index (χ2v) is 8.33. The minimum Gasteiger partial charge on any atom is -0.288 e. The summed E-state index contributed by atoms with van der Waals surface area (Å²) in [5.74, 6) is -0.743. The third-order valence-electron chi connectivity index (χ3n) is 5.46. The fraction of sp³-hybridized carbons (Fsp3) is 0.0385. The standard InChI is InChI=1S/C26H17BrN2O3/c27-18-14-12-17(13-15-18)7-6-16-28-26(32)22-23(29(28)19-8-2-1-3-9-19)25(31)21-11-5-4-10-20(21)24(22)30/h1-15H,16H2/b7-6+. The van der Waals surface area contributed by atoms with Crippen LogP contribution >= 0.6 is 15.9 Å². The molecule has 6 heteroatoms. The van der Waals surface area contributed by atoms with Gasteiger partial charge in [0.15, 0.2) is 0 Å². The summed E-state index contributed by atoms with van der Waals surface area (Å²) in [4.78, 5) is 40.0. The molecule has 5 nitrogen and oxygen atoms in total. The Hall–Kier alpha value is -3.77. The van der Waals surface area contributed by atoms with E-state index in [4.69, 9.17) is 0 Å². The number of carbonyl (C=O) groups excluding carboxylic acids is 2. The van der Waals surface area contributed by atoms with Crippen LogP contribution < -0.4 is 5.56 Å². The zero-order valence-electron chi connectivity index (χ0n) is 16.9. The average Bonchev–Trinajstić information content (AvgIpc) is 3.12. The van der Waals surface area contributed by atoms with E-state index in [2.05, 4.69) is 15.9 Å². The summed E-state index contributed by atoms with van der Waals surface area (Å²) in [5, 5.41) is 0. The number of hydrogen-bond donors (Lipinski definition) is 0. The Morgan fingerprint density at radius 2 is 1.38 bits per heavy atom. The van der Waals surface area contributed by atoms with Crippen molar-refractivity contribution in [3.05, 3.63) is 128 Å². The first-order valence-corrected chi connectivity index (χ1v) is 10.9. The molecule has 1 aliphatic carbocycles. The topological polar surface area (TPSA) is 61.1 Å². The largest absolute Gasteiger partial charge is 0.288 e. The highest BCUT2D eigenvalue weighted by Gasteiger charge is 2.37. The van der Waals surface area contributed by atoms with E-state index in [-0.39, 0.29) is 29.1 Å². The fourth-order valence-corrected chi connectivity index (χ4v) is 4.23. The van der Waals surface area contributed by atoms with Crippen LogP contribution in [0.1, 0.15) is 37.5 Å². The van der Waals surface area contributed by atoms with Crippen LogP contribution in [0.2, 0.25) is 0 Å². The molecule has 0 unspecified atom stereocenters. The molecule has 3 aromatic carbocycles. The van der Waals surface area contributed by atoms with E-state index >= 15 is 0 Å². The molecule has 0 bridgehead atoms. The van der Waals surface area contributed by atoms with Gasteiger partial charge in [0, 0.05) is 15.6 Å². The molecule has 1 heterocycles. The van der Waals surface area contributed by atoms with E-state index in [0.717, 1.165) is 10.0 Å². The van der Waals surface area contributed by atoms with Crippen LogP contribution in [0.5, 0.6) is 0 Å². The molecule has 0 radical (unpaired) electrons. The first-order chi connectivity index (χ1) is 15.6. The number of carbonyl (C=O) groups is 2. The Bertz CT molecular complexity index is 1440. The highest BCUT2D eigenvalue weighted by Crippen LogP contribution is 2.27. The van der Waals surface area contributed by atoms with Crippen LogP contribution in [-0.4, -0.2) is 20.9 Å². The molecule has 1 aromatic heterocycles. The van der Waals surface area contributed by atoms with Crippen molar-refractivity contribution in [3.63, 3.8) is 0 Å². The van der Waals surface area contributed by atoms with E-state index in [1.54, 1.807) is 28.9 Å². The van der Waals surface area contributed by atoms with Gasteiger partial charge in [0.25, 0.3) is 5.56 Å². The number of allylic oxidation sites excluding steroid dienone is 1. The third kappa shape index (κ3) is 3.29. The maximum absolute atomic E-state index is 13.4. The molecule has 0 saturated carbocycles. The van der Waals surface area contributed by atoms with Gasteiger partial charge in [0.05, 0.1) is 12.2 Å². The molecule has 0 spiro atoms. The lowest BCUT2D eigenvalue weighted by Crippen LogP contribution is -2.26. The Labute approximate surface area is 192 Å². The Balaban J connectivity index is 1.67. The summed E-state index contributed by atoms with van der Waals surface area (Å²) >= 11 is 3.41. The van der Waals surface area contributed by atoms with Crippen molar-refractivity contribution in [1.82, 2.24) is 9.36 Å². The summed E-state index contributed by atoms with van der Waals surface area (Å²) in [6, 6.07) is 23.6. The van der Waals surface area contributed by atoms with Crippen molar-refractivity contribution in [3.8, 4) is 5.69 Å². The molecule has 0 N–H and O–H groups in total. The zero-order chi connectivity index (χ0) is 22.2. The summed E-state index contributed by atoms with van der Waals surface area (Å²) in [6.07, 6.45) is 3.75. The number of benzene rings is 3. The normalized spacial score (nSPS) is 12.8. The highest BCUT2D eigenvalue weighted by molar-refractivity contribution is 9.10. The minimum absolute atomic E-state index is 0.0744. The van der Waals surface area contributed by atoms with Crippen molar-refractivity contribution in [2.24, 2.45) is 0 Å². The molecule has 0 aliphatic heterocycles. The molecule has 1 aliphatic rings. The first-order valence-electron chi connectivity index (χ1n) is 10.1. The smallest absolute Gasteiger partial charge is 0.279 e. The van der Waals surface area contributed by atoms with Gasteiger partial charge in [-0.15, -0.1) is 0 Å². The molecule has 5 rings (SSSR count). The van der Waals surface area contributed by atoms with Crippen LogP contribution in [0.25, 0.3) is 11.8 Å². The van der Waals surface area contributed by atoms with Crippen molar-refractivity contribution < 1.29 is 9.59 Å². The Kier molecular flexibility index (Phi) is 5.07. The zero-order valence-corrected chi connectivity index (χ0v) is 18.5. The van der Waals surface area contributed by atoms with Crippen LogP contribution in [0, 0.1) is 0 Å². The first kappa shape index (κ1) is 20.2. The van der Waals surface area contributed by atoms with Crippen LogP contribution in [-0.2, 0) is 6.54 Å². The molecule has 32 heavy (non-hydrogen) atoms. The SMILES string of the molecule is O=C1c2ccccc2C(=O)c2c1c(=O)n(C/C=C/c1ccc(Br)cc1)n2-c1ccccc1. The van der Waals surface area contributed by atoms with Gasteiger partial charge in [-0.3, -0.25) is 14.4 Å². The number of nitrogens with zero attached hydrogens (tertiary/aromatic N) is 2. The number of hydrogen-bond acceptors (Lipinski definition) is 3. The van der Waals surface area contributed by atoms with Gasteiger partial charge in [-0.1, -0.05) is 82.7 Å². The van der Waals surface area contributed by atoms with Gasteiger partial charge in [-0.05, 0) is 29.8 Å².